The Labute approximate surface area is 55.8 Å². The maximum Gasteiger partial charge on any atom is 0.161 e. The Morgan fingerprint density at radius 1 is 1.67 bits per heavy atom. The van der Waals surface area contributed by atoms with Crippen LogP contribution in [-0.2, 0) is 4.79 Å². The van der Waals surface area contributed by atoms with Crippen LogP contribution in [0.25, 0.3) is 0 Å². The topological polar surface area (TPSA) is 17.1 Å². The van der Waals surface area contributed by atoms with E-state index in [0.29, 0.717) is 5.78 Å². The molecule has 1 heteroatoms. The van der Waals surface area contributed by atoms with Crippen LogP contribution >= 0.6 is 0 Å². The van der Waals surface area contributed by atoms with Gasteiger partial charge in [0.1, 0.15) is 0 Å². The zero-order valence-electron chi connectivity index (χ0n) is 5.98. The Morgan fingerprint density at radius 2 is 2.22 bits per heavy atom. The summed E-state index contributed by atoms with van der Waals surface area (Å²) in [4.78, 5) is 11.1. The SMILES string of the molecule is CC(C)C(=O)C1=CCC1. The Balaban J connectivity index is 2.52. The van der Waals surface area contributed by atoms with Crippen LogP contribution in [0.5, 0.6) is 0 Å². The van der Waals surface area contributed by atoms with Crippen molar-refractivity contribution in [3.8, 4) is 0 Å². The molecule has 0 aromatic carbocycles. The molecule has 0 fully saturated rings. The van der Waals surface area contributed by atoms with E-state index in [2.05, 4.69) is 0 Å². The van der Waals surface area contributed by atoms with Gasteiger partial charge < -0.3 is 0 Å². The molecule has 0 spiro atoms. The van der Waals surface area contributed by atoms with Gasteiger partial charge in [-0.2, -0.15) is 0 Å². The predicted molar refractivity (Wildman–Crippen MR) is 37.2 cm³/mol. The fourth-order valence-electron chi connectivity index (χ4n) is 0.883. The van der Waals surface area contributed by atoms with Crippen LogP contribution in [0.4, 0.5) is 0 Å². The number of ketones is 1. The molecule has 0 atom stereocenters. The lowest BCUT2D eigenvalue weighted by atomic mass is 9.90. The van der Waals surface area contributed by atoms with Crippen molar-refractivity contribution in [3.63, 3.8) is 0 Å². The molecule has 0 heterocycles. The minimum Gasteiger partial charge on any atom is -0.294 e. The summed E-state index contributed by atoms with van der Waals surface area (Å²) in [6, 6.07) is 0. The molecule has 0 unspecified atom stereocenters. The molecule has 0 bridgehead atoms. The molecule has 0 aliphatic heterocycles. The highest BCUT2D eigenvalue weighted by Gasteiger charge is 2.16. The Kier molecular flexibility index (Phi) is 1.70. The lowest BCUT2D eigenvalue weighted by Crippen LogP contribution is -2.13. The molecular weight excluding hydrogens is 112 g/mol. The van der Waals surface area contributed by atoms with E-state index in [1.165, 1.54) is 0 Å². The van der Waals surface area contributed by atoms with E-state index in [9.17, 15) is 4.79 Å². The molecule has 0 aromatic rings. The van der Waals surface area contributed by atoms with Crippen molar-refractivity contribution < 1.29 is 4.79 Å². The molecule has 0 amide bonds. The monoisotopic (exact) mass is 124 g/mol. The van der Waals surface area contributed by atoms with Crippen molar-refractivity contribution in [2.45, 2.75) is 26.7 Å². The zero-order chi connectivity index (χ0) is 6.85. The highest BCUT2D eigenvalue weighted by molar-refractivity contribution is 5.97. The maximum absolute atomic E-state index is 11.1. The first-order chi connectivity index (χ1) is 4.22. The molecule has 0 N–H and O–H groups in total. The third-order valence-electron chi connectivity index (χ3n) is 1.65. The minimum absolute atomic E-state index is 0.191. The van der Waals surface area contributed by atoms with Crippen LogP contribution in [0, 0.1) is 5.92 Å². The molecule has 0 saturated heterocycles. The van der Waals surface area contributed by atoms with E-state index in [0.717, 1.165) is 18.4 Å². The van der Waals surface area contributed by atoms with Gasteiger partial charge in [0.15, 0.2) is 5.78 Å². The van der Waals surface area contributed by atoms with Crippen molar-refractivity contribution in [1.29, 1.82) is 0 Å². The third kappa shape index (κ3) is 1.21. The second-order valence-corrected chi connectivity index (χ2v) is 2.79. The normalized spacial score (nSPS) is 17.0. The van der Waals surface area contributed by atoms with Crippen LogP contribution in [0.2, 0.25) is 0 Å². The number of allylic oxidation sites excluding steroid dienone is 2. The summed E-state index contributed by atoms with van der Waals surface area (Å²) in [6.45, 7) is 3.89. The van der Waals surface area contributed by atoms with Gasteiger partial charge in [-0.05, 0) is 18.4 Å². The van der Waals surface area contributed by atoms with Gasteiger partial charge in [0, 0.05) is 5.92 Å². The van der Waals surface area contributed by atoms with Gasteiger partial charge in [0.25, 0.3) is 0 Å². The number of rotatable bonds is 2. The van der Waals surface area contributed by atoms with Crippen molar-refractivity contribution in [1.82, 2.24) is 0 Å². The molecule has 1 nitrogen and oxygen atoms in total. The zero-order valence-corrected chi connectivity index (χ0v) is 5.98. The van der Waals surface area contributed by atoms with Crippen molar-refractivity contribution in [2.75, 3.05) is 0 Å². The summed E-state index contributed by atoms with van der Waals surface area (Å²) >= 11 is 0. The van der Waals surface area contributed by atoms with Gasteiger partial charge in [0.2, 0.25) is 0 Å². The fourth-order valence-corrected chi connectivity index (χ4v) is 0.883. The van der Waals surface area contributed by atoms with Crippen LogP contribution < -0.4 is 0 Å². The van der Waals surface area contributed by atoms with Crippen LogP contribution in [-0.4, -0.2) is 5.78 Å². The van der Waals surface area contributed by atoms with Crippen LogP contribution in [0.1, 0.15) is 26.7 Å². The summed E-state index contributed by atoms with van der Waals surface area (Å²) in [7, 11) is 0. The van der Waals surface area contributed by atoms with Crippen molar-refractivity contribution in [3.05, 3.63) is 11.6 Å². The van der Waals surface area contributed by atoms with Crippen LogP contribution in [0.15, 0.2) is 11.6 Å². The average molecular weight is 124 g/mol. The molecular formula is C8H12O. The molecule has 1 aliphatic carbocycles. The molecule has 0 aromatic heterocycles. The number of hydrogen-bond donors (Lipinski definition) is 0. The Hall–Kier alpha value is -0.590. The fraction of sp³-hybridized carbons (Fsp3) is 0.625. The van der Waals surface area contributed by atoms with Crippen LogP contribution in [0.3, 0.4) is 0 Å². The first kappa shape index (κ1) is 6.53. The van der Waals surface area contributed by atoms with Gasteiger partial charge >= 0.3 is 0 Å². The van der Waals surface area contributed by atoms with Gasteiger partial charge in [-0.25, -0.2) is 0 Å². The maximum atomic E-state index is 11.1. The van der Waals surface area contributed by atoms with E-state index in [4.69, 9.17) is 0 Å². The molecule has 9 heavy (non-hydrogen) atoms. The Morgan fingerprint density at radius 3 is 2.33 bits per heavy atom. The van der Waals surface area contributed by atoms with E-state index >= 15 is 0 Å². The highest BCUT2D eigenvalue weighted by atomic mass is 16.1. The second-order valence-electron chi connectivity index (χ2n) is 2.79. The van der Waals surface area contributed by atoms with Gasteiger partial charge in [-0.15, -0.1) is 0 Å². The predicted octanol–water partition coefficient (Wildman–Crippen LogP) is 1.93. The van der Waals surface area contributed by atoms with Gasteiger partial charge in [-0.1, -0.05) is 19.9 Å². The van der Waals surface area contributed by atoms with E-state index in [-0.39, 0.29) is 5.92 Å². The van der Waals surface area contributed by atoms with E-state index in [1.54, 1.807) is 0 Å². The van der Waals surface area contributed by atoms with Gasteiger partial charge in [-0.3, -0.25) is 4.79 Å². The lowest BCUT2D eigenvalue weighted by Gasteiger charge is -2.14. The third-order valence-corrected chi connectivity index (χ3v) is 1.65. The quantitative estimate of drug-likeness (QED) is 0.549. The molecule has 0 saturated carbocycles. The average Bonchev–Trinajstić information content (AvgIpc) is 1.60. The smallest absolute Gasteiger partial charge is 0.161 e. The lowest BCUT2D eigenvalue weighted by molar-refractivity contribution is -0.118. The molecule has 1 rings (SSSR count). The second kappa shape index (κ2) is 2.34. The number of Topliss-reactive ketones (excluding diaryl/α,β-unsaturated/α-hetero) is 1. The largest absolute Gasteiger partial charge is 0.294 e. The van der Waals surface area contributed by atoms with E-state index in [1.807, 2.05) is 19.9 Å². The Bertz CT molecular complexity index is 154. The summed E-state index contributed by atoms with van der Waals surface area (Å²) in [6.07, 6.45) is 4.15. The summed E-state index contributed by atoms with van der Waals surface area (Å²) < 4.78 is 0. The molecule has 1 aliphatic rings. The first-order valence-electron chi connectivity index (χ1n) is 3.45. The highest BCUT2D eigenvalue weighted by Crippen LogP contribution is 2.21. The molecule has 50 valence electrons. The van der Waals surface area contributed by atoms with Crippen molar-refractivity contribution in [2.24, 2.45) is 5.92 Å². The van der Waals surface area contributed by atoms with Gasteiger partial charge in [0.05, 0.1) is 0 Å². The summed E-state index contributed by atoms with van der Waals surface area (Å²) in [5.74, 6) is 0.526. The minimum atomic E-state index is 0.191. The van der Waals surface area contributed by atoms with E-state index < -0.39 is 0 Å². The number of hydrogen-bond acceptors (Lipinski definition) is 1. The number of carbonyl (C=O) groups is 1. The standard InChI is InChI=1S/C8H12O/c1-6(2)8(9)7-4-3-5-7/h4,6H,3,5H2,1-2H3. The summed E-state index contributed by atoms with van der Waals surface area (Å²) in [5.41, 5.74) is 1.05. The van der Waals surface area contributed by atoms with Crippen molar-refractivity contribution >= 4 is 5.78 Å². The first-order valence-corrected chi connectivity index (χ1v) is 3.45. The molecule has 0 radical (unpaired) electrons. The number of carbonyl (C=O) groups excluding carboxylic acids is 1. The summed E-state index contributed by atoms with van der Waals surface area (Å²) in [5, 5.41) is 0.